The summed E-state index contributed by atoms with van der Waals surface area (Å²) >= 11 is 0. The number of rotatable bonds is 9. The maximum Gasteiger partial charge on any atom is 0.410 e. The van der Waals surface area contributed by atoms with Crippen molar-refractivity contribution in [3.8, 4) is 0 Å². The van der Waals surface area contributed by atoms with Gasteiger partial charge in [-0.3, -0.25) is 19.8 Å². The molecule has 4 N–H and O–H groups in total. The Balaban J connectivity index is 2.61. The molecule has 168 valence electrons. The molecule has 9 nitrogen and oxygen atoms in total. The van der Waals surface area contributed by atoms with Gasteiger partial charge in [0, 0.05) is 19.3 Å². The Kier molecular flexibility index (Phi) is 9.74. The summed E-state index contributed by atoms with van der Waals surface area (Å²) in [5, 5.41) is 17.0. The number of nitrogens with zero attached hydrogens (tertiary/aromatic N) is 1. The Hall–Kier alpha value is -2.65. The molecule has 30 heavy (non-hydrogen) atoms. The van der Waals surface area contributed by atoms with E-state index in [4.69, 9.17) is 9.84 Å². The van der Waals surface area contributed by atoms with Gasteiger partial charge in [-0.2, -0.15) is 0 Å². The number of hydrogen-bond acceptors (Lipinski definition) is 6. The highest BCUT2D eigenvalue weighted by molar-refractivity contribution is 5.97. The van der Waals surface area contributed by atoms with E-state index in [9.17, 15) is 14.4 Å². The van der Waals surface area contributed by atoms with Gasteiger partial charge in [0.05, 0.1) is 6.73 Å². The van der Waals surface area contributed by atoms with Crippen molar-refractivity contribution < 1.29 is 24.2 Å². The highest BCUT2D eigenvalue weighted by Gasteiger charge is 2.28. The number of benzene rings is 1. The molecule has 0 saturated heterocycles. The molecule has 1 aromatic carbocycles. The topological polar surface area (TPSA) is 120 Å². The summed E-state index contributed by atoms with van der Waals surface area (Å²) in [5.41, 5.74) is 0.941. The molecule has 0 radical (unpaired) electrons. The SMILES string of the molecule is C[C@H](NC(=O)[C@H](C)N(C)C(=O)OC(C)(C)C)C(=O)Nc1cccc(CCNCO)c1. The molecule has 1 rings (SSSR count). The van der Waals surface area contributed by atoms with Crippen LogP contribution in [0.5, 0.6) is 0 Å². The van der Waals surface area contributed by atoms with Crippen LogP contribution >= 0.6 is 0 Å². The molecule has 0 aliphatic rings. The number of aliphatic hydroxyl groups excluding tert-OH is 1. The number of hydrogen-bond donors (Lipinski definition) is 4. The first-order valence-electron chi connectivity index (χ1n) is 9.92. The second kappa shape index (κ2) is 11.5. The molecule has 0 heterocycles. The van der Waals surface area contributed by atoms with Gasteiger partial charge in [-0.25, -0.2) is 4.79 Å². The maximum atomic E-state index is 12.5. The monoisotopic (exact) mass is 422 g/mol. The average molecular weight is 423 g/mol. The van der Waals surface area contributed by atoms with Crippen molar-refractivity contribution in [2.24, 2.45) is 0 Å². The van der Waals surface area contributed by atoms with Gasteiger partial charge in [0.2, 0.25) is 11.8 Å². The number of nitrogens with one attached hydrogen (secondary N) is 3. The van der Waals surface area contributed by atoms with E-state index in [0.717, 1.165) is 5.56 Å². The minimum Gasteiger partial charge on any atom is -0.444 e. The third kappa shape index (κ3) is 8.79. The summed E-state index contributed by atoms with van der Waals surface area (Å²) in [4.78, 5) is 38.2. The normalized spacial score (nSPS) is 13.2. The summed E-state index contributed by atoms with van der Waals surface area (Å²) in [5.74, 6) is -0.837. The minimum absolute atomic E-state index is 0.0881. The minimum atomic E-state index is -0.808. The van der Waals surface area contributed by atoms with Gasteiger partial charge >= 0.3 is 6.09 Å². The smallest absolute Gasteiger partial charge is 0.410 e. The van der Waals surface area contributed by atoms with Crippen LogP contribution in [0.15, 0.2) is 24.3 Å². The lowest BCUT2D eigenvalue weighted by molar-refractivity contribution is -0.129. The van der Waals surface area contributed by atoms with Crippen LogP contribution in [0.3, 0.4) is 0 Å². The molecule has 0 unspecified atom stereocenters. The van der Waals surface area contributed by atoms with Crippen molar-refractivity contribution in [1.82, 2.24) is 15.5 Å². The summed E-state index contributed by atoms with van der Waals surface area (Å²) in [6, 6.07) is 5.74. The highest BCUT2D eigenvalue weighted by Crippen LogP contribution is 2.12. The molecule has 0 saturated carbocycles. The predicted molar refractivity (Wildman–Crippen MR) is 115 cm³/mol. The van der Waals surface area contributed by atoms with Crippen LogP contribution in [0.2, 0.25) is 0 Å². The molecule has 1 aromatic rings. The Bertz CT molecular complexity index is 732. The second-order valence-electron chi connectivity index (χ2n) is 8.10. The molecular weight excluding hydrogens is 388 g/mol. The summed E-state index contributed by atoms with van der Waals surface area (Å²) in [6.45, 7) is 8.89. The fraction of sp³-hybridized carbons (Fsp3) is 0.571. The average Bonchev–Trinajstić information content (AvgIpc) is 2.65. The third-order valence-electron chi connectivity index (χ3n) is 4.29. The number of ether oxygens (including phenoxy) is 1. The molecule has 3 amide bonds. The van der Waals surface area contributed by atoms with Crippen molar-refractivity contribution in [2.75, 3.05) is 25.6 Å². The van der Waals surface area contributed by atoms with Crippen LogP contribution in [-0.2, 0) is 20.7 Å². The van der Waals surface area contributed by atoms with Crippen LogP contribution < -0.4 is 16.0 Å². The third-order valence-corrected chi connectivity index (χ3v) is 4.29. The number of aliphatic hydroxyl groups is 1. The van der Waals surface area contributed by atoms with E-state index in [1.807, 2.05) is 18.2 Å². The lowest BCUT2D eigenvalue weighted by Crippen LogP contribution is -2.51. The lowest BCUT2D eigenvalue weighted by atomic mass is 10.1. The zero-order valence-corrected chi connectivity index (χ0v) is 18.6. The fourth-order valence-electron chi connectivity index (χ4n) is 2.43. The first-order chi connectivity index (χ1) is 13.9. The first-order valence-corrected chi connectivity index (χ1v) is 9.92. The largest absolute Gasteiger partial charge is 0.444 e. The zero-order chi connectivity index (χ0) is 22.9. The number of likely N-dealkylation sites (N-methyl/N-ethyl adjacent to an activating group) is 1. The van der Waals surface area contributed by atoms with Crippen LogP contribution in [0.1, 0.15) is 40.2 Å². The van der Waals surface area contributed by atoms with Gasteiger partial charge in [0.15, 0.2) is 0 Å². The molecule has 0 bridgehead atoms. The van der Waals surface area contributed by atoms with Crippen LogP contribution in [0, 0.1) is 0 Å². The van der Waals surface area contributed by atoms with E-state index >= 15 is 0 Å². The molecule has 0 aliphatic carbocycles. The van der Waals surface area contributed by atoms with E-state index in [1.54, 1.807) is 40.7 Å². The summed E-state index contributed by atoms with van der Waals surface area (Å²) in [6.07, 6.45) is 0.0835. The van der Waals surface area contributed by atoms with Gasteiger partial charge in [-0.1, -0.05) is 12.1 Å². The quantitative estimate of drug-likeness (QED) is 0.353. The van der Waals surface area contributed by atoms with Crippen molar-refractivity contribution in [3.63, 3.8) is 0 Å². The van der Waals surface area contributed by atoms with Gasteiger partial charge in [0.1, 0.15) is 17.7 Å². The van der Waals surface area contributed by atoms with Gasteiger partial charge in [-0.15, -0.1) is 0 Å². The molecular formula is C21H34N4O5. The predicted octanol–water partition coefficient (Wildman–Crippen LogP) is 1.47. The van der Waals surface area contributed by atoms with Crippen molar-refractivity contribution >= 4 is 23.6 Å². The Morgan fingerprint density at radius 3 is 2.43 bits per heavy atom. The summed E-state index contributed by atoms with van der Waals surface area (Å²) < 4.78 is 5.26. The van der Waals surface area contributed by atoms with Crippen molar-refractivity contribution in [2.45, 2.75) is 58.7 Å². The van der Waals surface area contributed by atoms with Crippen LogP contribution in [0.25, 0.3) is 0 Å². The van der Waals surface area contributed by atoms with E-state index in [2.05, 4.69) is 16.0 Å². The Morgan fingerprint density at radius 1 is 1.17 bits per heavy atom. The Labute approximate surface area is 178 Å². The number of amides is 3. The first kappa shape index (κ1) is 25.4. The maximum absolute atomic E-state index is 12.5. The molecule has 9 heteroatoms. The fourth-order valence-corrected chi connectivity index (χ4v) is 2.43. The molecule has 0 aromatic heterocycles. The number of carbonyl (C=O) groups is 3. The van der Waals surface area contributed by atoms with Crippen LogP contribution in [0.4, 0.5) is 10.5 Å². The van der Waals surface area contributed by atoms with Gasteiger partial charge in [0.25, 0.3) is 0 Å². The molecule has 0 spiro atoms. The van der Waals surface area contributed by atoms with Crippen molar-refractivity contribution in [3.05, 3.63) is 29.8 Å². The lowest BCUT2D eigenvalue weighted by Gasteiger charge is -2.28. The number of anilines is 1. The van der Waals surface area contributed by atoms with E-state index in [0.29, 0.717) is 18.7 Å². The van der Waals surface area contributed by atoms with Crippen molar-refractivity contribution in [1.29, 1.82) is 0 Å². The standard InChI is InChI=1S/C21H34N4O5/c1-14(23-19(28)15(2)25(6)20(29)30-21(3,4)5)18(27)24-17-9-7-8-16(12-17)10-11-22-13-26/h7-9,12,14-15,22,26H,10-11,13H2,1-6H3,(H,23,28)(H,24,27)/t14-,15-/m0/s1. The highest BCUT2D eigenvalue weighted by atomic mass is 16.6. The van der Waals surface area contributed by atoms with E-state index in [1.165, 1.54) is 11.9 Å². The molecule has 0 fully saturated rings. The van der Waals surface area contributed by atoms with Gasteiger partial charge in [-0.05, 0) is 58.7 Å². The van der Waals surface area contributed by atoms with E-state index < -0.39 is 29.7 Å². The summed E-state index contributed by atoms with van der Waals surface area (Å²) in [7, 11) is 1.47. The second-order valence-corrected chi connectivity index (χ2v) is 8.10. The zero-order valence-electron chi connectivity index (χ0n) is 18.6. The Morgan fingerprint density at radius 2 is 1.83 bits per heavy atom. The van der Waals surface area contributed by atoms with E-state index in [-0.39, 0.29) is 12.6 Å². The molecule has 0 aliphatic heterocycles. The molecule has 2 atom stereocenters. The van der Waals surface area contributed by atoms with Gasteiger partial charge < -0.3 is 20.5 Å². The van der Waals surface area contributed by atoms with Crippen LogP contribution in [-0.4, -0.2) is 65.9 Å². The number of carbonyl (C=O) groups excluding carboxylic acids is 3.